The summed E-state index contributed by atoms with van der Waals surface area (Å²) in [5, 5.41) is 6.70. The lowest BCUT2D eigenvalue weighted by Crippen LogP contribution is -2.12. The molecule has 0 aliphatic rings. The van der Waals surface area contributed by atoms with E-state index in [1.54, 1.807) is 0 Å². The number of aromatic nitrogens is 4. The van der Waals surface area contributed by atoms with Gasteiger partial charge in [-0.15, -0.1) is 0 Å². The van der Waals surface area contributed by atoms with Crippen LogP contribution in [0.5, 0.6) is 23.0 Å². The first-order valence-electron chi connectivity index (χ1n) is 42.5. The number of fused-ring (bicyclic) bond motifs is 8. The zero-order chi connectivity index (χ0) is 70.6. The third-order valence-electron chi connectivity index (χ3n) is 21.8. The molecule has 0 fully saturated rings. The number of ether oxygens (including phenoxy) is 4. The van der Waals surface area contributed by atoms with Gasteiger partial charge in [0.15, 0.2) is 23.0 Å². The van der Waals surface area contributed by atoms with Crippen LogP contribution < -0.4 is 18.9 Å². The second-order valence-electron chi connectivity index (χ2n) is 32.8. The largest absolute Gasteiger partial charge is 0.490 e. The number of benzene rings is 6. The van der Waals surface area contributed by atoms with Crippen LogP contribution in [0.3, 0.4) is 0 Å². The maximum Gasteiger partial charge on any atom is 0.163 e. The van der Waals surface area contributed by atoms with Gasteiger partial charge in [0.1, 0.15) is 0 Å². The van der Waals surface area contributed by atoms with Crippen LogP contribution in [0.25, 0.3) is 76.5 Å². The standard InChI is InChI=1S/C92H142N4O4/c1-11-15-19-23-27-31-35-39-43-47-51-55-59-97-81-67-77-78(68-82(81)98-60-56-52-48-44-40-36-32-28-24-20-16-12-2)94-88-74-64-72(92(8,9)10)66-76-86(74)85-73(87(88)93-77)63-71(91(5,6)7)65-75(85)89-90(76)96-80-70-84(100-62-58-54-50-46-42-38-34-30-26-22-18-14-4)83(69-79(80)95-89)99-61-57-53-49-45-41-37-33-29-25-21-17-13-3/h63-70H,11-62H2,1-10H3. The van der Waals surface area contributed by atoms with Crippen LogP contribution in [0.15, 0.2) is 48.5 Å². The molecular formula is C92H142N4O4. The maximum absolute atomic E-state index is 6.82. The summed E-state index contributed by atoms with van der Waals surface area (Å²) in [7, 11) is 0. The van der Waals surface area contributed by atoms with Crippen LogP contribution in [-0.4, -0.2) is 46.4 Å². The number of hydrogen-bond donors (Lipinski definition) is 0. The molecule has 0 aliphatic heterocycles. The van der Waals surface area contributed by atoms with E-state index in [9.17, 15) is 0 Å². The molecule has 0 amide bonds. The molecule has 8 nitrogen and oxygen atoms in total. The summed E-state index contributed by atoms with van der Waals surface area (Å²) in [5.41, 5.74) is 8.97. The summed E-state index contributed by atoms with van der Waals surface area (Å²) in [4.78, 5) is 23.0. The van der Waals surface area contributed by atoms with E-state index in [1.165, 1.54) is 294 Å². The van der Waals surface area contributed by atoms with E-state index in [2.05, 4.69) is 118 Å². The quantitative estimate of drug-likeness (QED) is 0.0212. The number of nitrogens with zero attached hydrogens (tertiary/aromatic N) is 4. The Morgan fingerprint density at radius 3 is 0.540 bits per heavy atom. The van der Waals surface area contributed by atoms with Gasteiger partial charge in [-0.1, -0.05) is 352 Å². The van der Waals surface area contributed by atoms with Gasteiger partial charge in [0, 0.05) is 56.6 Å². The highest BCUT2D eigenvalue weighted by molar-refractivity contribution is 6.39. The van der Waals surface area contributed by atoms with Crippen molar-refractivity contribution in [2.24, 2.45) is 0 Å². The van der Waals surface area contributed by atoms with E-state index in [0.29, 0.717) is 26.4 Å². The molecule has 554 valence electrons. The van der Waals surface area contributed by atoms with Crippen molar-refractivity contribution >= 4 is 76.5 Å². The highest BCUT2D eigenvalue weighted by Crippen LogP contribution is 2.48. The van der Waals surface area contributed by atoms with Gasteiger partial charge in [-0.25, -0.2) is 19.9 Å². The first-order valence-corrected chi connectivity index (χ1v) is 42.5. The molecule has 0 N–H and O–H groups in total. The van der Waals surface area contributed by atoms with Crippen LogP contribution >= 0.6 is 0 Å². The van der Waals surface area contributed by atoms with E-state index in [1.807, 2.05) is 0 Å². The second-order valence-corrected chi connectivity index (χ2v) is 32.8. The number of unbranched alkanes of at least 4 members (excludes halogenated alkanes) is 44. The average Bonchev–Trinajstić information content (AvgIpc) is 0.691. The fraction of sp³-hybridized carbons (Fsp3) is 0.696. The van der Waals surface area contributed by atoms with E-state index in [4.69, 9.17) is 38.9 Å². The van der Waals surface area contributed by atoms with Gasteiger partial charge < -0.3 is 18.9 Å². The van der Waals surface area contributed by atoms with Gasteiger partial charge in [-0.3, -0.25) is 0 Å². The Bertz CT molecular complexity index is 3150. The molecule has 100 heavy (non-hydrogen) atoms. The monoisotopic (exact) mass is 1370 g/mol. The zero-order valence-electron chi connectivity index (χ0n) is 65.8. The second kappa shape index (κ2) is 44.4. The Labute approximate surface area is 609 Å². The first kappa shape index (κ1) is 80.4. The average molecular weight is 1370 g/mol. The Kier molecular flexibility index (Phi) is 35.7. The van der Waals surface area contributed by atoms with Crippen molar-refractivity contribution in [2.45, 2.75) is 388 Å². The van der Waals surface area contributed by atoms with Crippen molar-refractivity contribution in [1.82, 2.24) is 19.9 Å². The highest BCUT2D eigenvalue weighted by atomic mass is 16.5. The predicted molar refractivity (Wildman–Crippen MR) is 435 cm³/mol. The minimum Gasteiger partial charge on any atom is -0.490 e. The summed E-state index contributed by atoms with van der Waals surface area (Å²) in [6.07, 6.45) is 62.9. The minimum absolute atomic E-state index is 0.180. The van der Waals surface area contributed by atoms with Gasteiger partial charge >= 0.3 is 0 Å². The van der Waals surface area contributed by atoms with Crippen molar-refractivity contribution in [3.8, 4) is 23.0 Å². The van der Waals surface area contributed by atoms with E-state index < -0.39 is 0 Å². The van der Waals surface area contributed by atoms with Gasteiger partial charge in [-0.2, -0.15) is 0 Å². The molecule has 8 heteroatoms. The molecular weight excluding hydrogens is 1230 g/mol. The van der Waals surface area contributed by atoms with E-state index >= 15 is 0 Å². The van der Waals surface area contributed by atoms with Crippen molar-refractivity contribution in [2.75, 3.05) is 26.4 Å². The van der Waals surface area contributed by atoms with Crippen LogP contribution in [0.4, 0.5) is 0 Å². The lowest BCUT2D eigenvalue weighted by molar-refractivity contribution is 0.259. The van der Waals surface area contributed by atoms with Gasteiger partial charge in [0.05, 0.1) is 70.6 Å². The molecule has 0 unspecified atom stereocenters. The topological polar surface area (TPSA) is 88.5 Å². The molecule has 8 rings (SSSR count). The maximum atomic E-state index is 6.82. The third-order valence-corrected chi connectivity index (χ3v) is 21.8. The molecule has 0 radical (unpaired) electrons. The Morgan fingerprint density at radius 2 is 0.380 bits per heavy atom. The highest BCUT2D eigenvalue weighted by Gasteiger charge is 2.28. The van der Waals surface area contributed by atoms with Crippen LogP contribution in [0.2, 0.25) is 0 Å². The van der Waals surface area contributed by atoms with Gasteiger partial charge in [-0.05, 0) is 71.9 Å². The molecule has 0 spiro atoms. The normalized spacial score (nSPS) is 12.4. The SMILES string of the molecule is CCCCCCCCCCCCCCOc1cc2nc3c4cc(C(C)(C)C)cc5c6nc7cc(OCCCCCCCCCCCCCC)c(OCCCCCCCCCCCCCC)cc7nc6c6cc(C(C)(C)C)cc(c3nc2cc1OCCCCCCCCCCCCCC)c6c45. The summed E-state index contributed by atoms with van der Waals surface area (Å²) < 4.78 is 27.3. The fourth-order valence-corrected chi connectivity index (χ4v) is 15.3. The zero-order valence-corrected chi connectivity index (χ0v) is 65.8. The molecule has 0 atom stereocenters. The molecule has 0 bridgehead atoms. The Hall–Kier alpha value is -5.24. The summed E-state index contributed by atoms with van der Waals surface area (Å²) in [6, 6.07) is 18.1. The molecule has 8 aromatic rings. The van der Waals surface area contributed by atoms with Crippen molar-refractivity contribution in [1.29, 1.82) is 0 Å². The van der Waals surface area contributed by atoms with E-state index in [-0.39, 0.29) is 10.8 Å². The molecule has 0 saturated carbocycles. The Balaban J connectivity index is 1.11. The molecule has 0 saturated heterocycles. The molecule has 2 aromatic heterocycles. The van der Waals surface area contributed by atoms with E-state index in [0.717, 1.165) is 125 Å². The lowest BCUT2D eigenvalue weighted by atomic mass is 9.80. The summed E-state index contributed by atoms with van der Waals surface area (Å²) in [5.74, 6) is 3.09. The van der Waals surface area contributed by atoms with Crippen LogP contribution in [0, 0.1) is 0 Å². The van der Waals surface area contributed by atoms with Crippen molar-refractivity contribution < 1.29 is 18.9 Å². The minimum atomic E-state index is -0.180. The smallest absolute Gasteiger partial charge is 0.163 e. The lowest BCUT2D eigenvalue weighted by Gasteiger charge is -2.25. The van der Waals surface area contributed by atoms with Crippen LogP contribution in [-0.2, 0) is 10.8 Å². The molecule has 0 aliphatic carbocycles. The first-order chi connectivity index (χ1) is 48.8. The molecule has 6 aromatic carbocycles. The Morgan fingerprint density at radius 1 is 0.220 bits per heavy atom. The van der Waals surface area contributed by atoms with Crippen LogP contribution in [0.1, 0.15) is 389 Å². The van der Waals surface area contributed by atoms with Gasteiger partial charge in [0.2, 0.25) is 0 Å². The number of hydrogen-bond acceptors (Lipinski definition) is 8. The van der Waals surface area contributed by atoms with Crippen molar-refractivity contribution in [3.05, 3.63) is 59.7 Å². The summed E-state index contributed by atoms with van der Waals surface area (Å²) >= 11 is 0. The molecule has 2 heterocycles. The third kappa shape index (κ3) is 25.6. The van der Waals surface area contributed by atoms with Gasteiger partial charge in [0.25, 0.3) is 0 Å². The number of rotatable bonds is 56. The fourth-order valence-electron chi connectivity index (χ4n) is 15.3. The summed E-state index contributed by atoms with van der Waals surface area (Å²) in [6.45, 7) is 25.7. The van der Waals surface area contributed by atoms with Crippen molar-refractivity contribution in [3.63, 3.8) is 0 Å². The predicted octanol–water partition coefficient (Wildman–Crippen LogP) is 29.7.